The number of nitro groups is 2. The second-order valence-electron chi connectivity index (χ2n) is 7.08. The molecule has 8 heteroatoms. The Morgan fingerprint density at radius 3 is 1.90 bits per heavy atom. The van der Waals surface area contributed by atoms with Gasteiger partial charge in [0.25, 0.3) is 11.4 Å². The van der Waals surface area contributed by atoms with E-state index in [2.05, 4.69) is 9.97 Å². The van der Waals surface area contributed by atoms with Crippen molar-refractivity contribution in [2.24, 2.45) is 0 Å². The predicted molar refractivity (Wildman–Crippen MR) is 118 cm³/mol. The van der Waals surface area contributed by atoms with Gasteiger partial charge in [-0.1, -0.05) is 6.07 Å². The summed E-state index contributed by atoms with van der Waals surface area (Å²) >= 11 is 0. The molecular weight excluding hydrogens is 396 g/mol. The Morgan fingerprint density at radius 1 is 0.710 bits per heavy atom. The average Bonchev–Trinajstić information content (AvgIpc) is 3.17. The standard InChI is InChI=1S/C23H14N4O4/c28-26(29)17-6-1-14(2-7-17)16-5-10-21-20(13-16)22-19(11-12-24-23(22)25-21)15-3-8-18(9-4-15)27(30)31/h1-13H,(H,24,25). The van der Waals surface area contributed by atoms with Crippen molar-refractivity contribution >= 4 is 33.3 Å². The van der Waals surface area contributed by atoms with Crippen LogP contribution in [0.25, 0.3) is 44.2 Å². The molecule has 0 saturated heterocycles. The van der Waals surface area contributed by atoms with E-state index in [9.17, 15) is 20.2 Å². The monoisotopic (exact) mass is 410 g/mol. The third-order valence-electron chi connectivity index (χ3n) is 5.29. The molecule has 2 aromatic heterocycles. The average molecular weight is 410 g/mol. The summed E-state index contributed by atoms with van der Waals surface area (Å²) in [6.45, 7) is 0. The van der Waals surface area contributed by atoms with Crippen LogP contribution in [0.3, 0.4) is 0 Å². The third kappa shape index (κ3) is 3.16. The molecule has 5 rings (SSSR count). The molecule has 0 aliphatic heterocycles. The molecule has 0 fully saturated rings. The molecular formula is C23H14N4O4. The number of rotatable bonds is 4. The molecule has 0 aliphatic carbocycles. The first kappa shape index (κ1) is 18.4. The summed E-state index contributed by atoms with van der Waals surface area (Å²) in [5, 5.41) is 23.8. The molecule has 2 heterocycles. The first-order chi connectivity index (χ1) is 15.0. The summed E-state index contributed by atoms with van der Waals surface area (Å²) < 4.78 is 0. The van der Waals surface area contributed by atoms with Gasteiger partial charge in [0.1, 0.15) is 5.65 Å². The van der Waals surface area contributed by atoms with E-state index < -0.39 is 9.85 Å². The van der Waals surface area contributed by atoms with Gasteiger partial charge in [0.15, 0.2) is 0 Å². The maximum atomic E-state index is 11.0. The molecule has 3 aromatic carbocycles. The van der Waals surface area contributed by atoms with Crippen LogP contribution in [-0.2, 0) is 0 Å². The fraction of sp³-hybridized carbons (Fsp3) is 0. The maximum Gasteiger partial charge on any atom is 0.269 e. The van der Waals surface area contributed by atoms with E-state index >= 15 is 0 Å². The number of hydrogen-bond donors (Lipinski definition) is 1. The lowest BCUT2D eigenvalue weighted by molar-refractivity contribution is -0.385. The molecule has 0 unspecified atom stereocenters. The number of nitrogens with one attached hydrogen (secondary N) is 1. The van der Waals surface area contributed by atoms with Crippen molar-refractivity contribution in [1.82, 2.24) is 9.97 Å². The number of fused-ring (bicyclic) bond motifs is 3. The molecule has 0 amide bonds. The minimum Gasteiger partial charge on any atom is -0.339 e. The summed E-state index contributed by atoms with van der Waals surface area (Å²) in [5.41, 5.74) is 5.24. The van der Waals surface area contributed by atoms with Gasteiger partial charge in [0.05, 0.1) is 9.85 Å². The highest BCUT2D eigenvalue weighted by Gasteiger charge is 2.14. The summed E-state index contributed by atoms with van der Waals surface area (Å²) in [5.74, 6) is 0. The number of benzene rings is 3. The maximum absolute atomic E-state index is 11.0. The van der Waals surface area contributed by atoms with Crippen molar-refractivity contribution in [1.29, 1.82) is 0 Å². The van der Waals surface area contributed by atoms with Gasteiger partial charge < -0.3 is 4.98 Å². The number of aromatic amines is 1. The second kappa shape index (κ2) is 7.03. The molecule has 0 radical (unpaired) electrons. The number of non-ortho nitro benzene ring substituents is 2. The van der Waals surface area contributed by atoms with Gasteiger partial charge in [-0.25, -0.2) is 4.98 Å². The molecule has 1 N–H and O–H groups in total. The van der Waals surface area contributed by atoms with Gasteiger partial charge in [0.2, 0.25) is 0 Å². The van der Waals surface area contributed by atoms with Crippen LogP contribution in [0.5, 0.6) is 0 Å². The van der Waals surface area contributed by atoms with E-state index in [1.807, 2.05) is 24.3 Å². The summed E-state index contributed by atoms with van der Waals surface area (Å²) in [6.07, 6.45) is 1.70. The normalized spacial score (nSPS) is 11.1. The summed E-state index contributed by atoms with van der Waals surface area (Å²) in [4.78, 5) is 28.8. The van der Waals surface area contributed by atoms with Crippen molar-refractivity contribution in [3.05, 3.63) is 99.2 Å². The molecule has 0 spiro atoms. The zero-order valence-corrected chi connectivity index (χ0v) is 16.0. The highest BCUT2D eigenvalue weighted by molar-refractivity contribution is 6.13. The predicted octanol–water partition coefficient (Wildman–Crippen LogP) is 5.87. The van der Waals surface area contributed by atoms with E-state index in [4.69, 9.17) is 0 Å². The Hall–Kier alpha value is -4.59. The van der Waals surface area contributed by atoms with Crippen molar-refractivity contribution in [3.63, 3.8) is 0 Å². The van der Waals surface area contributed by atoms with Gasteiger partial charge in [-0.15, -0.1) is 0 Å². The number of nitrogens with zero attached hydrogens (tertiary/aromatic N) is 3. The van der Waals surface area contributed by atoms with Crippen LogP contribution in [0.15, 0.2) is 79.0 Å². The van der Waals surface area contributed by atoms with Gasteiger partial charge in [-0.3, -0.25) is 20.2 Å². The number of pyridine rings is 1. The molecule has 0 saturated carbocycles. The third-order valence-corrected chi connectivity index (χ3v) is 5.29. The van der Waals surface area contributed by atoms with E-state index in [1.165, 1.54) is 24.3 Å². The Labute approximate surface area is 175 Å². The molecule has 150 valence electrons. The smallest absolute Gasteiger partial charge is 0.269 e. The van der Waals surface area contributed by atoms with Crippen molar-refractivity contribution in [2.45, 2.75) is 0 Å². The largest absolute Gasteiger partial charge is 0.339 e. The zero-order valence-electron chi connectivity index (χ0n) is 16.0. The van der Waals surface area contributed by atoms with Crippen molar-refractivity contribution < 1.29 is 9.85 Å². The highest BCUT2D eigenvalue weighted by atomic mass is 16.6. The van der Waals surface area contributed by atoms with Crippen molar-refractivity contribution in [3.8, 4) is 22.3 Å². The van der Waals surface area contributed by atoms with Crippen LogP contribution < -0.4 is 0 Å². The minimum atomic E-state index is -0.423. The lowest BCUT2D eigenvalue weighted by Gasteiger charge is -2.05. The van der Waals surface area contributed by atoms with Crippen LogP contribution in [0.1, 0.15) is 0 Å². The zero-order chi connectivity index (χ0) is 21.5. The molecule has 8 nitrogen and oxygen atoms in total. The van der Waals surface area contributed by atoms with Crippen LogP contribution in [0.2, 0.25) is 0 Å². The van der Waals surface area contributed by atoms with E-state index in [1.54, 1.807) is 30.5 Å². The molecule has 5 aromatic rings. The van der Waals surface area contributed by atoms with E-state index in [-0.39, 0.29) is 11.4 Å². The molecule has 0 aliphatic rings. The molecule has 31 heavy (non-hydrogen) atoms. The van der Waals surface area contributed by atoms with E-state index in [0.717, 1.165) is 38.5 Å². The Morgan fingerprint density at radius 2 is 1.29 bits per heavy atom. The van der Waals surface area contributed by atoms with Crippen LogP contribution in [0, 0.1) is 20.2 Å². The van der Waals surface area contributed by atoms with Gasteiger partial charge in [-0.2, -0.15) is 0 Å². The van der Waals surface area contributed by atoms with Crippen LogP contribution >= 0.6 is 0 Å². The van der Waals surface area contributed by atoms with Gasteiger partial charge in [-0.05, 0) is 64.7 Å². The lowest BCUT2D eigenvalue weighted by atomic mass is 9.98. The number of H-pyrrole nitrogens is 1. The number of aromatic nitrogens is 2. The Kier molecular flexibility index (Phi) is 4.18. The van der Waals surface area contributed by atoms with Crippen LogP contribution in [0.4, 0.5) is 11.4 Å². The first-order valence-electron chi connectivity index (χ1n) is 9.41. The van der Waals surface area contributed by atoms with Gasteiger partial charge in [0, 0.05) is 46.8 Å². The van der Waals surface area contributed by atoms with Crippen LogP contribution in [-0.4, -0.2) is 19.8 Å². The lowest BCUT2D eigenvalue weighted by Crippen LogP contribution is -1.88. The first-order valence-corrected chi connectivity index (χ1v) is 9.41. The fourth-order valence-electron chi connectivity index (χ4n) is 3.78. The summed E-state index contributed by atoms with van der Waals surface area (Å²) in [7, 11) is 0. The highest BCUT2D eigenvalue weighted by Crippen LogP contribution is 2.36. The molecule has 0 atom stereocenters. The minimum absolute atomic E-state index is 0.0356. The topological polar surface area (TPSA) is 115 Å². The second-order valence-corrected chi connectivity index (χ2v) is 7.08. The van der Waals surface area contributed by atoms with Gasteiger partial charge >= 0.3 is 0 Å². The number of hydrogen-bond acceptors (Lipinski definition) is 5. The summed E-state index contributed by atoms with van der Waals surface area (Å²) in [6, 6.07) is 20.7. The Balaban J connectivity index is 1.68. The SMILES string of the molecule is O=[N+]([O-])c1ccc(-c2ccc3[nH]c4nccc(-c5ccc([N+](=O)[O-])cc5)c4c3c2)cc1. The number of nitro benzene ring substituents is 2. The fourth-order valence-corrected chi connectivity index (χ4v) is 3.78. The molecule has 0 bridgehead atoms. The quantitative estimate of drug-likeness (QED) is 0.294. The Bertz CT molecular complexity index is 1470. The van der Waals surface area contributed by atoms with E-state index in [0.29, 0.717) is 5.65 Å². The van der Waals surface area contributed by atoms with Crippen molar-refractivity contribution in [2.75, 3.05) is 0 Å².